The highest BCUT2D eigenvalue weighted by atomic mass is 15.3. The van der Waals surface area contributed by atoms with Crippen LogP contribution in [0.3, 0.4) is 0 Å². The summed E-state index contributed by atoms with van der Waals surface area (Å²) in [5.74, 6) is 0. The van der Waals surface area contributed by atoms with Crippen LogP contribution in [0.15, 0.2) is 212 Å². The molecule has 0 radical (unpaired) electrons. The second-order valence-electron chi connectivity index (χ2n) is 17.0. The van der Waals surface area contributed by atoms with Crippen molar-refractivity contribution in [1.29, 1.82) is 0 Å². The van der Waals surface area contributed by atoms with Crippen LogP contribution in [-0.4, -0.2) is 26.3 Å². The fraction of sp³-hybridized carbons (Fsp3) is 0. The summed E-state index contributed by atoms with van der Waals surface area (Å²) in [4.78, 5) is 0. The van der Waals surface area contributed by atoms with Gasteiger partial charge in [0, 0.05) is 21.9 Å². The number of aromatic nitrogens is 4. The minimum atomic E-state index is -0.105. The highest BCUT2D eigenvalue weighted by Gasteiger charge is 2.42. The summed E-state index contributed by atoms with van der Waals surface area (Å²) >= 11 is 0. The Morgan fingerprint density at radius 1 is 0.317 bits per heavy atom. The molecule has 10 aromatic carbocycles. The van der Waals surface area contributed by atoms with Crippen LogP contribution < -0.4 is 16.4 Å². The van der Waals surface area contributed by atoms with E-state index >= 15 is 0 Å². The van der Waals surface area contributed by atoms with E-state index in [0.29, 0.717) is 0 Å². The molecule has 4 nitrogen and oxygen atoms in total. The van der Waals surface area contributed by atoms with Crippen LogP contribution in [0.2, 0.25) is 0 Å². The molecule has 12 aromatic rings. The molecule has 2 aliphatic heterocycles. The quantitative estimate of drug-likeness (QED) is 0.163. The molecule has 0 saturated carbocycles. The van der Waals surface area contributed by atoms with Gasteiger partial charge in [-0.25, -0.2) is 9.36 Å². The highest BCUT2D eigenvalue weighted by Crippen LogP contribution is 2.42. The SMILES string of the molecule is c1ccc(-c2cc3c4c(c2)-n2nc(-c5cccc6ccccc56)c5cc(-c6ccccc6)cc(c52)B4c2cc(-c4ccccc4)cc4c(-c5cccc6ccccc56)nn-3c24)cc1. The smallest absolute Gasteiger partial charge is 0.233 e. The van der Waals surface area contributed by atoms with Gasteiger partial charge in [-0.2, -0.15) is 10.2 Å². The predicted octanol–water partition coefficient (Wildman–Crippen LogP) is 12.1. The van der Waals surface area contributed by atoms with Crippen LogP contribution >= 0.6 is 0 Å². The Morgan fingerprint density at radius 2 is 0.698 bits per heavy atom. The molecule has 2 aliphatic rings. The second-order valence-corrected chi connectivity index (χ2v) is 17.0. The summed E-state index contributed by atoms with van der Waals surface area (Å²) < 4.78 is 4.52. The molecule has 290 valence electrons. The van der Waals surface area contributed by atoms with Crippen molar-refractivity contribution in [3.05, 3.63) is 212 Å². The van der Waals surface area contributed by atoms with Crippen molar-refractivity contribution < 1.29 is 0 Å². The summed E-state index contributed by atoms with van der Waals surface area (Å²) in [6.45, 7) is -0.105. The third-order valence-electron chi connectivity index (χ3n) is 13.5. The maximum atomic E-state index is 5.73. The summed E-state index contributed by atoms with van der Waals surface area (Å²) in [6, 6.07) is 77.3. The molecular weight excluding hydrogens is 763 g/mol. The zero-order valence-corrected chi connectivity index (χ0v) is 34.1. The fourth-order valence-electron chi connectivity index (χ4n) is 10.7. The number of fused-ring (bicyclic) bond motifs is 6. The summed E-state index contributed by atoms with van der Waals surface area (Å²) in [5, 5.41) is 18.5. The Morgan fingerprint density at radius 3 is 1.14 bits per heavy atom. The molecule has 2 aromatic heterocycles. The van der Waals surface area contributed by atoms with Gasteiger partial charge in [0.2, 0.25) is 0 Å². The maximum absolute atomic E-state index is 5.73. The molecule has 4 heterocycles. The maximum Gasteiger partial charge on any atom is 0.252 e. The molecule has 0 N–H and O–H groups in total. The summed E-state index contributed by atoms with van der Waals surface area (Å²) in [6.07, 6.45) is 0. The standard InChI is InChI=1S/C58H35BN4/c1-4-16-36(17-5-1)41-30-48-55(46-28-14-24-39-22-10-12-26-44(39)46)60-62-52-34-43(38-20-8-3-9-21-38)35-53-54(52)59(50(32-41)57(48)62)51-33-42(37-18-6-2-7-19-37)31-49-56(61-63(53)58(49)51)47-29-15-25-40-23-11-13-27-45(40)47/h1-35H. The van der Waals surface area contributed by atoms with E-state index in [2.05, 4.69) is 222 Å². The molecule has 5 heteroatoms. The zero-order valence-electron chi connectivity index (χ0n) is 34.1. The molecule has 0 saturated heterocycles. The van der Waals surface area contributed by atoms with Crippen molar-refractivity contribution in [3.63, 3.8) is 0 Å². The van der Waals surface area contributed by atoms with Crippen molar-refractivity contribution in [3.8, 4) is 67.3 Å². The van der Waals surface area contributed by atoms with Gasteiger partial charge >= 0.3 is 0 Å². The van der Waals surface area contributed by atoms with E-state index in [1.807, 2.05) is 0 Å². The number of hydrogen-bond donors (Lipinski definition) is 0. The third kappa shape index (κ3) is 4.99. The van der Waals surface area contributed by atoms with Gasteiger partial charge in [-0.15, -0.1) is 0 Å². The number of nitrogens with zero attached hydrogens (tertiary/aromatic N) is 4. The fourth-order valence-corrected chi connectivity index (χ4v) is 10.7. The predicted molar refractivity (Wildman–Crippen MR) is 263 cm³/mol. The average molecular weight is 799 g/mol. The number of benzene rings is 10. The Labute approximate surface area is 364 Å². The van der Waals surface area contributed by atoms with Crippen molar-refractivity contribution in [1.82, 2.24) is 19.6 Å². The molecule has 0 unspecified atom stereocenters. The Bertz CT molecular complexity index is 3610. The van der Waals surface area contributed by atoms with Gasteiger partial charge < -0.3 is 0 Å². The Balaban J connectivity index is 1.16. The van der Waals surface area contributed by atoms with Crippen molar-refractivity contribution in [2.75, 3.05) is 0 Å². The van der Waals surface area contributed by atoms with Crippen molar-refractivity contribution in [2.45, 2.75) is 0 Å². The molecule has 63 heavy (non-hydrogen) atoms. The monoisotopic (exact) mass is 798 g/mol. The lowest BCUT2D eigenvalue weighted by Gasteiger charge is -2.33. The largest absolute Gasteiger partial charge is 0.252 e. The third-order valence-corrected chi connectivity index (χ3v) is 13.5. The van der Waals surface area contributed by atoms with Crippen LogP contribution in [-0.2, 0) is 0 Å². The lowest BCUT2D eigenvalue weighted by Crippen LogP contribution is -2.59. The van der Waals surface area contributed by atoms with E-state index in [4.69, 9.17) is 10.2 Å². The molecule has 0 atom stereocenters. The second kappa shape index (κ2) is 13.1. The molecule has 14 rings (SSSR count). The van der Waals surface area contributed by atoms with Gasteiger partial charge in [-0.3, -0.25) is 0 Å². The van der Waals surface area contributed by atoms with Crippen LogP contribution in [0, 0.1) is 0 Å². The minimum Gasteiger partial charge on any atom is -0.233 e. The lowest BCUT2D eigenvalue weighted by molar-refractivity contribution is 0.896. The molecule has 0 amide bonds. The number of rotatable bonds is 5. The van der Waals surface area contributed by atoms with Gasteiger partial charge in [0.15, 0.2) is 0 Å². The van der Waals surface area contributed by atoms with Crippen molar-refractivity contribution in [2.24, 2.45) is 0 Å². The van der Waals surface area contributed by atoms with Gasteiger partial charge in [0.25, 0.3) is 6.71 Å². The normalized spacial score (nSPS) is 12.4. The van der Waals surface area contributed by atoms with E-state index in [0.717, 1.165) is 66.8 Å². The number of hydrogen-bond acceptors (Lipinski definition) is 2. The molecule has 0 bridgehead atoms. The van der Waals surface area contributed by atoms with E-state index < -0.39 is 0 Å². The first-order valence-electron chi connectivity index (χ1n) is 21.7. The van der Waals surface area contributed by atoms with E-state index in [-0.39, 0.29) is 6.71 Å². The summed E-state index contributed by atoms with van der Waals surface area (Å²) in [7, 11) is 0. The molecule has 0 spiro atoms. The van der Waals surface area contributed by atoms with E-state index in [1.54, 1.807) is 0 Å². The van der Waals surface area contributed by atoms with Crippen LogP contribution in [0.5, 0.6) is 0 Å². The topological polar surface area (TPSA) is 35.6 Å². The average Bonchev–Trinajstić information content (AvgIpc) is 3.94. The van der Waals surface area contributed by atoms with Crippen LogP contribution in [0.1, 0.15) is 0 Å². The summed E-state index contributed by atoms with van der Waals surface area (Å²) in [5.41, 5.74) is 19.4. The van der Waals surface area contributed by atoms with Gasteiger partial charge in [0.05, 0.1) is 22.4 Å². The van der Waals surface area contributed by atoms with Crippen LogP contribution in [0.25, 0.3) is 111 Å². The first-order valence-corrected chi connectivity index (χ1v) is 21.7. The molecular formula is C58H35BN4. The Hall–Kier alpha value is -8.28. The molecule has 0 fully saturated rings. The van der Waals surface area contributed by atoms with E-state index in [9.17, 15) is 0 Å². The minimum absolute atomic E-state index is 0.105. The highest BCUT2D eigenvalue weighted by molar-refractivity contribution is 7.00. The molecule has 0 aliphatic carbocycles. The van der Waals surface area contributed by atoms with Gasteiger partial charge in [0.1, 0.15) is 11.4 Å². The van der Waals surface area contributed by atoms with Crippen molar-refractivity contribution >= 4 is 66.5 Å². The lowest BCUT2D eigenvalue weighted by atomic mass is 9.34. The van der Waals surface area contributed by atoms with Crippen LogP contribution in [0.4, 0.5) is 0 Å². The first kappa shape index (κ1) is 34.4. The van der Waals surface area contributed by atoms with Gasteiger partial charge in [-0.1, -0.05) is 188 Å². The Kier molecular flexibility index (Phi) is 7.17. The zero-order chi connectivity index (χ0) is 41.2. The first-order chi connectivity index (χ1) is 31.2. The van der Waals surface area contributed by atoms with E-state index in [1.165, 1.54) is 60.2 Å². The van der Waals surface area contributed by atoms with Gasteiger partial charge in [-0.05, 0) is 95.6 Å².